The molecule has 0 aromatic heterocycles. The summed E-state index contributed by atoms with van der Waals surface area (Å²) in [5.41, 5.74) is -0.291. The number of rotatable bonds is 4. The minimum atomic E-state index is -3.50. The molecule has 2 heterocycles. The van der Waals surface area contributed by atoms with Gasteiger partial charge in [-0.15, -0.1) is 0 Å². The standard InChI is InChI=1S/C24H35N3O6S/c1-23(2,3)33-22(28)26-14-10-24(11-15-26)16-19(17-24)25-12-8-21(9-13-25)34(31,32)20-6-4-18(5-7-20)27(29)30/h4-7,19,21H,8-17H2,1-3H3. The van der Waals surface area contributed by atoms with Gasteiger partial charge in [-0.1, -0.05) is 0 Å². The number of non-ortho nitro benzene ring substituents is 1. The Hall–Kier alpha value is -2.20. The third kappa shape index (κ3) is 5.22. The van der Waals surface area contributed by atoms with Gasteiger partial charge in [0.25, 0.3) is 5.69 Å². The number of sulfone groups is 1. The van der Waals surface area contributed by atoms with Gasteiger partial charge in [0, 0.05) is 31.3 Å². The zero-order valence-electron chi connectivity index (χ0n) is 20.2. The lowest BCUT2D eigenvalue weighted by Crippen LogP contribution is -2.57. The molecular formula is C24H35N3O6S. The van der Waals surface area contributed by atoms with E-state index in [2.05, 4.69) is 4.90 Å². The van der Waals surface area contributed by atoms with Gasteiger partial charge in [-0.3, -0.25) is 10.1 Å². The molecule has 34 heavy (non-hydrogen) atoms. The summed E-state index contributed by atoms with van der Waals surface area (Å²) in [5.74, 6) is 0. The Balaban J connectivity index is 1.25. The zero-order valence-corrected chi connectivity index (χ0v) is 21.1. The first-order valence-electron chi connectivity index (χ1n) is 12.1. The van der Waals surface area contributed by atoms with Gasteiger partial charge in [-0.25, -0.2) is 13.2 Å². The number of nitro benzene ring substituents is 1. The van der Waals surface area contributed by atoms with Crippen molar-refractivity contribution < 1.29 is 22.9 Å². The van der Waals surface area contributed by atoms with Crippen molar-refractivity contribution in [1.29, 1.82) is 0 Å². The quantitative estimate of drug-likeness (QED) is 0.460. The monoisotopic (exact) mass is 493 g/mol. The topological polar surface area (TPSA) is 110 Å². The maximum atomic E-state index is 13.0. The molecular weight excluding hydrogens is 458 g/mol. The smallest absolute Gasteiger partial charge is 0.410 e. The number of piperidine rings is 2. The van der Waals surface area contributed by atoms with E-state index in [0.29, 0.717) is 24.3 Å². The van der Waals surface area contributed by atoms with Crippen LogP contribution < -0.4 is 0 Å². The number of likely N-dealkylation sites (tertiary alicyclic amines) is 2. The van der Waals surface area contributed by atoms with E-state index in [1.165, 1.54) is 24.3 Å². The third-order valence-corrected chi connectivity index (χ3v) is 9.90. The third-order valence-electron chi connectivity index (χ3n) is 7.62. The molecule has 3 aliphatic rings. The Kier molecular flexibility index (Phi) is 6.67. The molecule has 0 unspecified atom stereocenters. The van der Waals surface area contributed by atoms with Crippen molar-refractivity contribution in [2.24, 2.45) is 5.41 Å². The van der Waals surface area contributed by atoms with Crippen LogP contribution >= 0.6 is 0 Å². The van der Waals surface area contributed by atoms with Gasteiger partial charge < -0.3 is 14.5 Å². The normalized spacial score (nSPS) is 22.4. The van der Waals surface area contributed by atoms with Crippen LogP contribution in [0.2, 0.25) is 0 Å². The molecule has 1 aromatic rings. The molecule has 2 saturated heterocycles. The predicted octanol–water partition coefficient (Wildman–Crippen LogP) is 4.01. The lowest BCUT2D eigenvalue weighted by atomic mass is 9.60. The fraction of sp³-hybridized carbons (Fsp3) is 0.708. The minimum Gasteiger partial charge on any atom is -0.444 e. The first-order chi connectivity index (χ1) is 15.9. The Bertz CT molecular complexity index is 1010. The van der Waals surface area contributed by atoms with Crippen molar-refractivity contribution in [2.75, 3.05) is 26.2 Å². The van der Waals surface area contributed by atoms with E-state index in [4.69, 9.17) is 4.74 Å². The molecule has 9 nitrogen and oxygen atoms in total. The molecule has 4 rings (SSSR count). The van der Waals surface area contributed by atoms with E-state index in [0.717, 1.165) is 51.9 Å². The number of ether oxygens (including phenoxy) is 1. The molecule has 10 heteroatoms. The Labute approximate surface area is 201 Å². The molecule has 2 aliphatic heterocycles. The lowest BCUT2D eigenvalue weighted by molar-refractivity contribution is -0.384. The van der Waals surface area contributed by atoms with Crippen LogP contribution in [0.3, 0.4) is 0 Å². The Morgan fingerprint density at radius 1 is 1.06 bits per heavy atom. The average molecular weight is 494 g/mol. The minimum absolute atomic E-state index is 0.107. The highest BCUT2D eigenvalue weighted by molar-refractivity contribution is 7.92. The van der Waals surface area contributed by atoms with Gasteiger partial charge >= 0.3 is 6.09 Å². The summed E-state index contributed by atoms with van der Waals surface area (Å²) < 4.78 is 31.5. The van der Waals surface area contributed by atoms with Gasteiger partial charge in [0.15, 0.2) is 9.84 Å². The summed E-state index contributed by atoms with van der Waals surface area (Å²) in [6.07, 6.45) is 5.13. The maximum absolute atomic E-state index is 13.0. The van der Waals surface area contributed by atoms with Crippen LogP contribution in [0.25, 0.3) is 0 Å². The van der Waals surface area contributed by atoms with E-state index in [1.807, 2.05) is 25.7 Å². The number of benzene rings is 1. The summed E-state index contributed by atoms with van der Waals surface area (Å²) in [7, 11) is -3.50. The van der Waals surface area contributed by atoms with E-state index < -0.39 is 25.6 Å². The number of carbonyl (C=O) groups excluding carboxylic acids is 1. The van der Waals surface area contributed by atoms with Gasteiger partial charge in [0.2, 0.25) is 0 Å². The van der Waals surface area contributed by atoms with Crippen LogP contribution in [0.1, 0.15) is 59.3 Å². The van der Waals surface area contributed by atoms with E-state index in [1.54, 1.807) is 0 Å². The highest BCUT2D eigenvalue weighted by Gasteiger charge is 2.49. The molecule has 0 atom stereocenters. The lowest BCUT2D eigenvalue weighted by Gasteiger charge is -2.56. The van der Waals surface area contributed by atoms with Crippen molar-refractivity contribution in [2.45, 2.75) is 81.1 Å². The molecule has 0 bridgehead atoms. The van der Waals surface area contributed by atoms with Gasteiger partial charge in [0.05, 0.1) is 15.1 Å². The SMILES string of the molecule is CC(C)(C)OC(=O)N1CCC2(CC1)CC(N1CCC(S(=O)(=O)c3ccc([N+](=O)[O-])cc3)CC1)C2. The molecule has 0 N–H and O–H groups in total. The average Bonchev–Trinajstić information content (AvgIpc) is 2.76. The highest BCUT2D eigenvalue weighted by atomic mass is 32.2. The van der Waals surface area contributed by atoms with E-state index in [9.17, 15) is 23.3 Å². The van der Waals surface area contributed by atoms with Crippen molar-refractivity contribution in [3.05, 3.63) is 34.4 Å². The summed E-state index contributed by atoms with van der Waals surface area (Å²) in [4.78, 5) is 27.0. The van der Waals surface area contributed by atoms with Crippen molar-refractivity contribution in [1.82, 2.24) is 9.80 Å². The van der Waals surface area contributed by atoms with Crippen molar-refractivity contribution in [3.8, 4) is 0 Å². The summed E-state index contributed by atoms with van der Waals surface area (Å²) >= 11 is 0. The largest absolute Gasteiger partial charge is 0.444 e. The first-order valence-corrected chi connectivity index (χ1v) is 13.6. The van der Waals surface area contributed by atoms with Crippen LogP contribution in [0.5, 0.6) is 0 Å². The molecule has 188 valence electrons. The second kappa shape index (κ2) is 9.11. The molecule has 1 saturated carbocycles. The number of hydrogen-bond donors (Lipinski definition) is 0. The Morgan fingerprint density at radius 3 is 2.12 bits per heavy atom. The molecule has 1 spiro atoms. The highest BCUT2D eigenvalue weighted by Crippen LogP contribution is 2.51. The van der Waals surface area contributed by atoms with Crippen molar-refractivity contribution in [3.63, 3.8) is 0 Å². The van der Waals surface area contributed by atoms with E-state index >= 15 is 0 Å². The van der Waals surface area contributed by atoms with Gasteiger partial charge in [-0.05, 0) is 89.9 Å². The molecule has 3 fully saturated rings. The maximum Gasteiger partial charge on any atom is 0.410 e. The number of hydrogen-bond acceptors (Lipinski definition) is 7. The van der Waals surface area contributed by atoms with E-state index in [-0.39, 0.29) is 16.7 Å². The van der Waals surface area contributed by atoms with Crippen molar-refractivity contribution >= 4 is 21.6 Å². The van der Waals surface area contributed by atoms with Crippen LogP contribution in [0, 0.1) is 15.5 Å². The molecule has 0 radical (unpaired) electrons. The number of nitrogens with zero attached hydrogens (tertiary/aromatic N) is 3. The van der Waals surface area contributed by atoms with Crippen LogP contribution in [-0.2, 0) is 14.6 Å². The first kappa shape index (κ1) is 24.9. The number of carbonyl (C=O) groups is 1. The molecule has 1 aliphatic carbocycles. The summed E-state index contributed by atoms with van der Waals surface area (Å²) in [5, 5.41) is 10.4. The van der Waals surface area contributed by atoms with Crippen LogP contribution in [-0.4, -0.2) is 72.3 Å². The fourth-order valence-electron chi connectivity index (χ4n) is 5.60. The fourth-order valence-corrected chi connectivity index (χ4v) is 7.33. The second-order valence-electron chi connectivity index (χ2n) is 11.1. The number of nitro groups is 1. The predicted molar refractivity (Wildman–Crippen MR) is 127 cm³/mol. The Morgan fingerprint density at radius 2 is 1.62 bits per heavy atom. The van der Waals surface area contributed by atoms with Gasteiger partial charge in [0.1, 0.15) is 5.60 Å². The molecule has 1 aromatic carbocycles. The zero-order chi connectivity index (χ0) is 24.7. The molecule has 1 amide bonds. The van der Waals surface area contributed by atoms with Crippen LogP contribution in [0.15, 0.2) is 29.2 Å². The summed E-state index contributed by atoms with van der Waals surface area (Å²) in [6.45, 7) is 8.62. The summed E-state index contributed by atoms with van der Waals surface area (Å²) in [6, 6.07) is 5.68. The van der Waals surface area contributed by atoms with Crippen LogP contribution in [0.4, 0.5) is 10.5 Å². The van der Waals surface area contributed by atoms with Gasteiger partial charge in [-0.2, -0.15) is 0 Å². The number of amides is 1. The second-order valence-corrected chi connectivity index (χ2v) is 13.3.